The molecule has 1 fully saturated rings. The van der Waals surface area contributed by atoms with Crippen molar-refractivity contribution in [3.63, 3.8) is 0 Å². The van der Waals surface area contributed by atoms with Crippen LogP contribution in [0.4, 0.5) is 10.5 Å². The maximum Gasteiger partial charge on any atom is 0.502 e. The van der Waals surface area contributed by atoms with Crippen molar-refractivity contribution in [3.8, 4) is 16.9 Å². The molecule has 186 valence electrons. The molecule has 0 saturated carbocycles. The molecule has 3 aromatic rings. The normalized spacial score (nSPS) is 13.6. The topological polar surface area (TPSA) is 116 Å². The molecule has 4 rings (SSSR count). The lowest BCUT2D eigenvalue weighted by atomic mass is 10.0. The number of hydrogen-bond acceptors (Lipinski definition) is 4. The smallest absolute Gasteiger partial charge is 0.492 e. The number of hydrogen-bond donors (Lipinski definition) is 4. The monoisotopic (exact) mass is 487 g/mol. The Bertz CT molecular complexity index is 1220. The van der Waals surface area contributed by atoms with Gasteiger partial charge in [0, 0.05) is 12.1 Å². The molecular formula is C28H31N4O4+. The largest absolute Gasteiger partial charge is 0.502 e. The molecule has 0 aromatic heterocycles. The minimum absolute atomic E-state index is 0.0767. The van der Waals surface area contributed by atoms with Crippen molar-refractivity contribution in [2.24, 2.45) is 0 Å². The summed E-state index contributed by atoms with van der Waals surface area (Å²) in [6.07, 6.45) is 2.46. The number of anilines is 1. The number of carboxylic acid groups (broad SMARTS) is 1. The minimum atomic E-state index is -1.29. The number of amides is 2. The number of ether oxygens (including phenoxy) is 1. The van der Waals surface area contributed by atoms with Gasteiger partial charge in [0.25, 0.3) is 11.7 Å². The van der Waals surface area contributed by atoms with Gasteiger partial charge in [-0.25, -0.2) is 0 Å². The van der Waals surface area contributed by atoms with Crippen LogP contribution in [0, 0.1) is 0 Å². The number of benzene rings is 3. The van der Waals surface area contributed by atoms with E-state index in [2.05, 4.69) is 15.5 Å². The predicted molar refractivity (Wildman–Crippen MR) is 139 cm³/mol. The quantitative estimate of drug-likeness (QED) is 0.288. The van der Waals surface area contributed by atoms with E-state index < -0.39 is 6.09 Å². The maximum atomic E-state index is 13.2. The average molecular weight is 488 g/mol. The Labute approximate surface area is 210 Å². The number of carbonyl (C=O) groups is 2. The van der Waals surface area contributed by atoms with Gasteiger partial charge >= 0.3 is 6.09 Å². The van der Waals surface area contributed by atoms with Crippen molar-refractivity contribution in [1.29, 1.82) is 0 Å². The molecule has 2 amide bonds. The van der Waals surface area contributed by atoms with Crippen LogP contribution in [0.15, 0.2) is 72.8 Å². The third-order valence-corrected chi connectivity index (χ3v) is 6.13. The summed E-state index contributed by atoms with van der Waals surface area (Å²) in [5.41, 5.74) is 3.00. The predicted octanol–water partition coefficient (Wildman–Crippen LogP) is 3.24. The lowest BCUT2D eigenvalue weighted by Crippen LogP contribution is -2.51. The van der Waals surface area contributed by atoms with Crippen molar-refractivity contribution >= 4 is 23.5 Å². The lowest BCUT2D eigenvalue weighted by molar-refractivity contribution is -0.116. The van der Waals surface area contributed by atoms with Crippen LogP contribution in [0.1, 0.15) is 35.2 Å². The molecule has 0 unspecified atom stereocenters. The lowest BCUT2D eigenvalue weighted by Gasteiger charge is -2.26. The third-order valence-electron chi connectivity index (χ3n) is 6.13. The van der Waals surface area contributed by atoms with Crippen LogP contribution in [0.25, 0.3) is 11.1 Å². The fourth-order valence-electron chi connectivity index (χ4n) is 4.27. The fourth-order valence-corrected chi connectivity index (χ4v) is 4.27. The number of nitrogens with two attached hydrogens (primary N) is 1. The fraction of sp³-hybridized carbons (Fsp3) is 0.250. The molecule has 36 heavy (non-hydrogen) atoms. The molecule has 5 N–H and O–H groups in total. The Balaban J connectivity index is 1.50. The summed E-state index contributed by atoms with van der Waals surface area (Å²) in [7, 11) is 0. The highest BCUT2D eigenvalue weighted by Crippen LogP contribution is 2.26. The van der Waals surface area contributed by atoms with E-state index in [1.54, 1.807) is 30.3 Å². The van der Waals surface area contributed by atoms with Crippen LogP contribution < -0.4 is 20.8 Å². The molecule has 1 aliphatic rings. The Morgan fingerprint density at radius 3 is 2.44 bits per heavy atom. The number of rotatable bonds is 8. The number of carbonyl (C=O) groups excluding carboxylic acids is 1. The first-order valence-corrected chi connectivity index (χ1v) is 12.1. The zero-order valence-electron chi connectivity index (χ0n) is 20.1. The van der Waals surface area contributed by atoms with Gasteiger partial charge in [-0.3, -0.25) is 15.1 Å². The highest BCUT2D eigenvalue weighted by atomic mass is 16.5. The summed E-state index contributed by atoms with van der Waals surface area (Å²) in [6, 6.07) is 22.0. The maximum absolute atomic E-state index is 13.2. The molecule has 1 heterocycles. The van der Waals surface area contributed by atoms with Crippen LogP contribution in [-0.4, -0.2) is 54.1 Å². The minimum Gasteiger partial charge on any atom is -0.492 e. The number of nitrogens with one attached hydrogen (secondary N) is 2. The zero-order chi connectivity index (χ0) is 25.3. The van der Waals surface area contributed by atoms with Crippen molar-refractivity contribution in [1.82, 2.24) is 10.2 Å². The number of nitrogens with zero attached hydrogens (tertiary/aromatic N) is 1. The second kappa shape index (κ2) is 12.0. The summed E-state index contributed by atoms with van der Waals surface area (Å²) >= 11 is 0. The first kappa shape index (κ1) is 24.9. The van der Waals surface area contributed by atoms with E-state index in [0.29, 0.717) is 29.2 Å². The zero-order valence-corrected chi connectivity index (χ0v) is 20.1. The van der Waals surface area contributed by atoms with Gasteiger partial charge in [0.2, 0.25) is 0 Å². The second-order valence-corrected chi connectivity index (χ2v) is 8.70. The Kier molecular flexibility index (Phi) is 8.31. The van der Waals surface area contributed by atoms with Gasteiger partial charge in [-0.15, -0.1) is 0 Å². The van der Waals surface area contributed by atoms with Gasteiger partial charge in [-0.2, -0.15) is 10.1 Å². The summed E-state index contributed by atoms with van der Waals surface area (Å²) in [4.78, 5) is 26.7. The van der Waals surface area contributed by atoms with Crippen LogP contribution in [0.2, 0.25) is 0 Å². The van der Waals surface area contributed by atoms with E-state index in [4.69, 9.17) is 15.3 Å². The van der Waals surface area contributed by atoms with Gasteiger partial charge in [-0.1, -0.05) is 48.9 Å². The van der Waals surface area contributed by atoms with Gasteiger partial charge < -0.3 is 15.2 Å². The molecule has 0 bridgehead atoms. The van der Waals surface area contributed by atoms with Crippen LogP contribution in [0.3, 0.4) is 0 Å². The highest BCUT2D eigenvalue weighted by Gasteiger charge is 2.20. The van der Waals surface area contributed by atoms with Gasteiger partial charge in [0.1, 0.15) is 12.4 Å². The number of amidine groups is 1. The van der Waals surface area contributed by atoms with Crippen molar-refractivity contribution in [2.45, 2.75) is 19.3 Å². The summed E-state index contributed by atoms with van der Waals surface area (Å²) in [5.74, 6) is 0.190. The molecule has 0 spiro atoms. The standard InChI is InChI=1S/C28H30N4O4/c29-26(31-28(34)35)24-13-12-21(20-8-3-1-4-9-20)19-25(24)30-27(33)22-10-7-11-23(18-22)36-17-16-32-14-5-2-6-15-32/h1,3-4,7-13,18-19H,2,5-6,14-17H2,(H2,29,31)(H,30,33)(H,34,35)/p+1. The average Bonchev–Trinajstić information content (AvgIpc) is 2.89. The van der Waals surface area contributed by atoms with Crippen LogP contribution >= 0.6 is 0 Å². The molecule has 8 nitrogen and oxygen atoms in total. The van der Waals surface area contributed by atoms with E-state index in [0.717, 1.165) is 30.8 Å². The second-order valence-electron chi connectivity index (χ2n) is 8.70. The number of likely N-dealkylation sites (tertiary alicyclic amines) is 1. The summed E-state index contributed by atoms with van der Waals surface area (Å²) < 4.78 is 5.91. The highest BCUT2D eigenvalue weighted by molar-refractivity contribution is 6.11. The molecule has 3 aromatic carbocycles. The molecule has 0 atom stereocenters. The Hall–Kier alpha value is -4.17. The number of piperidine rings is 1. The Morgan fingerprint density at radius 2 is 1.69 bits per heavy atom. The van der Waals surface area contributed by atoms with E-state index in [1.807, 2.05) is 42.5 Å². The molecule has 1 aliphatic heterocycles. The summed E-state index contributed by atoms with van der Waals surface area (Å²) in [6.45, 7) is 3.62. The van der Waals surface area contributed by atoms with E-state index in [-0.39, 0.29) is 11.7 Å². The van der Waals surface area contributed by atoms with Crippen LogP contribution in [-0.2, 0) is 0 Å². The SMILES string of the molecule is [NH2+]=C(NC(=O)O)c1ccc(-c2ccccc2)cc1NC(=O)c1cccc(OCCN2CCCCC2)c1. The summed E-state index contributed by atoms with van der Waals surface area (Å²) in [5, 5.41) is 20.1. The van der Waals surface area contributed by atoms with E-state index >= 15 is 0 Å². The first-order valence-electron chi connectivity index (χ1n) is 12.1. The van der Waals surface area contributed by atoms with Gasteiger partial charge in [0.15, 0.2) is 0 Å². The van der Waals surface area contributed by atoms with Crippen molar-refractivity contribution < 1.29 is 24.8 Å². The van der Waals surface area contributed by atoms with Crippen molar-refractivity contribution in [3.05, 3.63) is 83.9 Å². The van der Waals surface area contributed by atoms with E-state index in [1.165, 1.54) is 19.3 Å². The first-order chi connectivity index (χ1) is 17.5. The van der Waals surface area contributed by atoms with Crippen LogP contribution in [0.5, 0.6) is 5.75 Å². The van der Waals surface area contributed by atoms with E-state index in [9.17, 15) is 9.59 Å². The van der Waals surface area contributed by atoms with Gasteiger partial charge in [-0.05, 0) is 67.4 Å². The molecule has 0 aliphatic carbocycles. The van der Waals surface area contributed by atoms with Crippen molar-refractivity contribution in [2.75, 3.05) is 31.6 Å². The molecule has 1 saturated heterocycles. The molecule has 8 heteroatoms. The molecule has 0 radical (unpaired) electrons. The Morgan fingerprint density at radius 1 is 0.917 bits per heavy atom. The van der Waals surface area contributed by atoms with Gasteiger partial charge in [0.05, 0.1) is 11.3 Å². The third kappa shape index (κ3) is 6.70. The molecular weight excluding hydrogens is 456 g/mol.